The molecule has 0 aromatic heterocycles. The molecule has 3 rings (SSSR count). The number of ether oxygens (including phenoxy) is 2. The summed E-state index contributed by atoms with van der Waals surface area (Å²) < 4.78 is 10.4. The maximum atomic E-state index is 12.2. The Hall–Kier alpha value is -2.37. The summed E-state index contributed by atoms with van der Waals surface area (Å²) >= 11 is 0. The highest BCUT2D eigenvalue weighted by atomic mass is 16.7. The number of ketones is 2. The number of benzene rings is 1. The second kappa shape index (κ2) is 6.81. The zero-order valence-corrected chi connectivity index (χ0v) is 12.9. The molecule has 1 fully saturated rings. The van der Waals surface area contributed by atoms with Gasteiger partial charge in [-0.3, -0.25) is 14.4 Å². The fraction of sp³-hybridized carbons (Fsp3) is 0.471. The van der Waals surface area contributed by atoms with Crippen LogP contribution in [0.2, 0.25) is 0 Å². The van der Waals surface area contributed by atoms with Crippen LogP contribution in [0, 0.1) is 0 Å². The summed E-state index contributed by atoms with van der Waals surface area (Å²) in [4.78, 5) is 37.8. The van der Waals surface area contributed by atoms with Crippen LogP contribution in [-0.2, 0) is 9.59 Å². The van der Waals surface area contributed by atoms with Gasteiger partial charge in [-0.2, -0.15) is 0 Å². The van der Waals surface area contributed by atoms with E-state index in [0.29, 0.717) is 30.2 Å². The highest BCUT2D eigenvalue weighted by Crippen LogP contribution is 2.32. The molecule has 0 unspecified atom stereocenters. The van der Waals surface area contributed by atoms with E-state index >= 15 is 0 Å². The van der Waals surface area contributed by atoms with Crippen molar-refractivity contribution in [3.63, 3.8) is 0 Å². The average molecular weight is 317 g/mol. The van der Waals surface area contributed by atoms with Crippen molar-refractivity contribution in [2.75, 3.05) is 19.9 Å². The fourth-order valence-electron chi connectivity index (χ4n) is 2.82. The molecule has 2 heterocycles. The molecule has 6 heteroatoms. The van der Waals surface area contributed by atoms with Crippen LogP contribution in [0.25, 0.3) is 0 Å². The molecule has 0 atom stereocenters. The largest absolute Gasteiger partial charge is 0.454 e. The number of fused-ring (bicyclic) bond motifs is 1. The molecule has 1 amide bonds. The van der Waals surface area contributed by atoms with E-state index < -0.39 is 11.7 Å². The first-order valence-electron chi connectivity index (χ1n) is 7.90. The van der Waals surface area contributed by atoms with E-state index in [4.69, 9.17) is 9.47 Å². The van der Waals surface area contributed by atoms with E-state index in [1.807, 2.05) is 0 Å². The Morgan fingerprint density at radius 3 is 2.48 bits per heavy atom. The van der Waals surface area contributed by atoms with Crippen molar-refractivity contribution >= 4 is 17.5 Å². The summed E-state index contributed by atoms with van der Waals surface area (Å²) in [7, 11) is 0. The van der Waals surface area contributed by atoms with Crippen LogP contribution in [-0.4, -0.2) is 42.3 Å². The van der Waals surface area contributed by atoms with Gasteiger partial charge in [0.1, 0.15) is 0 Å². The lowest BCUT2D eigenvalue weighted by Gasteiger charge is -2.25. The molecule has 122 valence electrons. The molecule has 23 heavy (non-hydrogen) atoms. The Bertz CT molecular complexity index is 634. The predicted octanol–water partition coefficient (Wildman–Crippen LogP) is 1.96. The van der Waals surface area contributed by atoms with Gasteiger partial charge in [0.15, 0.2) is 17.3 Å². The maximum absolute atomic E-state index is 12.2. The average Bonchev–Trinajstić information content (AvgIpc) is 3.07. The predicted molar refractivity (Wildman–Crippen MR) is 81.6 cm³/mol. The van der Waals surface area contributed by atoms with Crippen LogP contribution >= 0.6 is 0 Å². The van der Waals surface area contributed by atoms with Gasteiger partial charge in [0.2, 0.25) is 12.6 Å². The van der Waals surface area contributed by atoms with E-state index in [9.17, 15) is 14.4 Å². The van der Waals surface area contributed by atoms with Gasteiger partial charge in [0.25, 0.3) is 5.91 Å². The normalized spacial score (nSPS) is 16.3. The van der Waals surface area contributed by atoms with E-state index in [-0.39, 0.29) is 25.4 Å². The molecule has 2 aliphatic rings. The van der Waals surface area contributed by atoms with Crippen molar-refractivity contribution in [1.29, 1.82) is 0 Å². The SMILES string of the molecule is O=C(CCC(=O)c1ccc2c(c1)OCO2)C(=O)N1CCCCC1. The first-order chi connectivity index (χ1) is 11.1. The number of likely N-dealkylation sites (tertiary alicyclic amines) is 1. The number of hydrogen-bond donors (Lipinski definition) is 0. The summed E-state index contributed by atoms with van der Waals surface area (Å²) in [5.74, 6) is 0.0248. The first kappa shape index (κ1) is 15.5. The minimum absolute atomic E-state index is 0.0259. The molecule has 0 bridgehead atoms. The molecular formula is C17H19NO5. The number of piperidine rings is 1. The standard InChI is InChI=1S/C17H19NO5/c19-13(12-4-7-15-16(10-12)23-11-22-15)5-6-14(20)17(21)18-8-2-1-3-9-18/h4,7,10H,1-3,5-6,8-9,11H2. The molecule has 1 aromatic rings. The molecule has 0 spiro atoms. The number of carbonyl (C=O) groups excluding carboxylic acids is 3. The van der Waals surface area contributed by atoms with Crippen LogP contribution < -0.4 is 9.47 Å². The van der Waals surface area contributed by atoms with Crippen molar-refractivity contribution in [1.82, 2.24) is 4.90 Å². The van der Waals surface area contributed by atoms with Gasteiger partial charge in [0.05, 0.1) is 0 Å². The van der Waals surface area contributed by atoms with Crippen LogP contribution in [0.15, 0.2) is 18.2 Å². The lowest BCUT2D eigenvalue weighted by atomic mass is 10.0. The minimum atomic E-state index is -0.485. The molecule has 1 aromatic carbocycles. The molecule has 0 N–H and O–H groups in total. The third kappa shape index (κ3) is 3.52. The summed E-state index contributed by atoms with van der Waals surface area (Å²) in [6, 6.07) is 4.94. The third-order valence-electron chi connectivity index (χ3n) is 4.16. The Labute approximate surface area is 134 Å². The van der Waals surface area contributed by atoms with Crippen LogP contribution in [0.1, 0.15) is 42.5 Å². The smallest absolute Gasteiger partial charge is 0.289 e. The summed E-state index contributed by atoms with van der Waals surface area (Å²) in [6.45, 7) is 1.43. The lowest BCUT2D eigenvalue weighted by Crippen LogP contribution is -2.40. The van der Waals surface area contributed by atoms with Crippen molar-refractivity contribution in [3.05, 3.63) is 23.8 Å². The number of carbonyl (C=O) groups is 3. The third-order valence-corrected chi connectivity index (χ3v) is 4.16. The molecule has 0 aliphatic carbocycles. The van der Waals surface area contributed by atoms with Gasteiger partial charge >= 0.3 is 0 Å². The zero-order valence-electron chi connectivity index (χ0n) is 12.9. The fourth-order valence-corrected chi connectivity index (χ4v) is 2.82. The molecule has 0 radical (unpaired) electrons. The number of nitrogens with zero attached hydrogens (tertiary/aromatic N) is 1. The van der Waals surface area contributed by atoms with Crippen LogP contribution in [0.3, 0.4) is 0 Å². The van der Waals surface area contributed by atoms with E-state index in [1.165, 1.54) is 0 Å². The maximum Gasteiger partial charge on any atom is 0.289 e. The number of Topliss-reactive ketones (excluding diaryl/α,β-unsaturated/α-hetero) is 2. The minimum Gasteiger partial charge on any atom is -0.454 e. The van der Waals surface area contributed by atoms with E-state index in [2.05, 4.69) is 0 Å². The quantitative estimate of drug-likeness (QED) is 0.613. The monoisotopic (exact) mass is 317 g/mol. The molecule has 2 aliphatic heterocycles. The van der Waals surface area contributed by atoms with Gasteiger partial charge in [-0.15, -0.1) is 0 Å². The summed E-state index contributed by atoms with van der Waals surface area (Å²) in [5.41, 5.74) is 0.465. The van der Waals surface area contributed by atoms with Gasteiger partial charge in [0, 0.05) is 31.5 Å². The van der Waals surface area contributed by atoms with Gasteiger partial charge in [-0.25, -0.2) is 0 Å². The van der Waals surface area contributed by atoms with Gasteiger partial charge in [-0.05, 0) is 37.5 Å². The Morgan fingerprint density at radius 2 is 1.70 bits per heavy atom. The first-order valence-corrected chi connectivity index (χ1v) is 7.90. The zero-order chi connectivity index (χ0) is 16.2. The van der Waals surface area contributed by atoms with Crippen molar-refractivity contribution in [2.45, 2.75) is 32.1 Å². The van der Waals surface area contributed by atoms with E-state index in [1.54, 1.807) is 23.1 Å². The van der Waals surface area contributed by atoms with Gasteiger partial charge in [-0.1, -0.05) is 0 Å². The van der Waals surface area contributed by atoms with Crippen LogP contribution in [0.5, 0.6) is 11.5 Å². The van der Waals surface area contributed by atoms with E-state index in [0.717, 1.165) is 19.3 Å². The number of amides is 1. The Balaban J connectivity index is 1.54. The second-order valence-electron chi connectivity index (χ2n) is 5.77. The molecular weight excluding hydrogens is 298 g/mol. The summed E-state index contributed by atoms with van der Waals surface area (Å²) in [5, 5.41) is 0. The molecule has 6 nitrogen and oxygen atoms in total. The number of rotatable bonds is 5. The topological polar surface area (TPSA) is 72.9 Å². The molecule has 1 saturated heterocycles. The lowest BCUT2D eigenvalue weighted by molar-refractivity contribution is -0.145. The van der Waals surface area contributed by atoms with Crippen molar-refractivity contribution in [2.24, 2.45) is 0 Å². The van der Waals surface area contributed by atoms with Crippen molar-refractivity contribution < 1.29 is 23.9 Å². The van der Waals surface area contributed by atoms with Crippen LogP contribution in [0.4, 0.5) is 0 Å². The summed E-state index contributed by atoms with van der Waals surface area (Å²) in [6.07, 6.45) is 2.95. The molecule has 0 saturated carbocycles. The second-order valence-corrected chi connectivity index (χ2v) is 5.77. The number of hydrogen-bond acceptors (Lipinski definition) is 5. The van der Waals surface area contributed by atoms with Gasteiger partial charge < -0.3 is 14.4 Å². The highest BCUT2D eigenvalue weighted by molar-refractivity contribution is 6.36. The Morgan fingerprint density at radius 1 is 0.957 bits per heavy atom. The highest BCUT2D eigenvalue weighted by Gasteiger charge is 2.24. The van der Waals surface area contributed by atoms with Crippen molar-refractivity contribution in [3.8, 4) is 11.5 Å². The Kier molecular flexibility index (Phi) is 4.60.